The summed E-state index contributed by atoms with van der Waals surface area (Å²) in [5.74, 6) is -0.239. The van der Waals surface area contributed by atoms with Crippen LogP contribution in [0.15, 0.2) is 12.3 Å². The van der Waals surface area contributed by atoms with Crippen molar-refractivity contribution < 1.29 is 9.53 Å². The van der Waals surface area contributed by atoms with Crippen molar-refractivity contribution in [3.05, 3.63) is 12.3 Å². The van der Waals surface area contributed by atoms with Crippen molar-refractivity contribution in [3.63, 3.8) is 0 Å². The Hall–Kier alpha value is -0.790. The van der Waals surface area contributed by atoms with Crippen LogP contribution in [0.5, 0.6) is 0 Å². The lowest BCUT2D eigenvalue weighted by Crippen LogP contribution is -1.89. The largest absolute Gasteiger partial charge is 0.435 e. The highest BCUT2D eigenvalue weighted by atomic mass is 16.5. The fraction of sp³-hybridized carbons (Fsp3) is 0.850. The molecule has 0 N–H and O–H groups in total. The summed E-state index contributed by atoms with van der Waals surface area (Å²) in [5, 5.41) is 0. The van der Waals surface area contributed by atoms with Gasteiger partial charge in [-0.1, -0.05) is 90.4 Å². The molecule has 0 atom stereocenters. The van der Waals surface area contributed by atoms with Crippen LogP contribution in [0, 0.1) is 0 Å². The molecule has 0 amide bonds. The number of allylic oxidation sites excluding steroid dienone is 1. The summed E-state index contributed by atoms with van der Waals surface area (Å²) >= 11 is 0. The van der Waals surface area contributed by atoms with Crippen molar-refractivity contribution in [1.29, 1.82) is 0 Å². The first-order chi connectivity index (χ1) is 10.8. The molecule has 0 aliphatic rings. The smallest absolute Gasteiger partial charge is 0.307 e. The van der Waals surface area contributed by atoms with Gasteiger partial charge in [-0.05, 0) is 18.9 Å². The van der Waals surface area contributed by atoms with Crippen LogP contribution in [0.25, 0.3) is 0 Å². The molecule has 0 bridgehead atoms. The third-order valence-electron chi connectivity index (χ3n) is 4.05. The molecular weight excluding hydrogens is 272 g/mol. The van der Waals surface area contributed by atoms with E-state index in [0.29, 0.717) is 0 Å². The maximum absolute atomic E-state index is 10.5. The Morgan fingerprint density at radius 1 is 0.727 bits per heavy atom. The van der Waals surface area contributed by atoms with E-state index in [-0.39, 0.29) is 5.97 Å². The van der Waals surface area contributed by atoms with Gasteiger partial charge >= 0.3 is 5.97 Å². The summed E-state index contributed by atoms with van der Waals surface area (Å²) in [6, 6.07) is 0. The van der Waals surface area contributed by atoms with Crippen LogP contribution in [-0.4, -0.2) is 5.97 Å². The molecule has 0 saturated heterocycles. The van der Waals surface area contributed by atoms with E-state index in [1.54, 1.807) is 0 Å². The van der Waals surface area contributed by atoms with Gasteiger partial charge < -0.3 is 4.74 Å². The minimum Gasteiger partial charge on any atom is -0.435 e. The zero-order valence-corrected chi connectivity index (χ0v) is 15.1. The summed E-state index contributed by atoms with van der Waals surface area (Å²) in [6.45, 7) is 3.70. The van der Waals surface area contributed by atoms with Gasteiger partial charge in [0, 0.05) is 6.92 Å². The molecule has 22 heavy (non-hydrogen) atoms. The molecule has 0 spiro atoms. The highest BCUT2D eigenvalue weighted by molar-refractivity contribution is 5.66. The Morgan fingerprint density at radius 3 is 1.55 bits per heavy atom. The number of ether oxygens (including phenoxy) is 1. The molecular formula is C20H38O2. The first-order valence-corrected chi connectivity index (χ1v) is 9.59. The Kier molecular flexibility index (Phi) is 17.6. The maximum atomic E-state index is 10.5. The van der Waals surface area contributed by atoms with Gasteiger partial charge in [-0.2, -0.15) is 0 Å². The third kappa shape index (κ3) is 19.2. The van der Waals surface area contributed by atoms with Crippen LogP contribution in [0.3, 0.4) is 0 Å². The van der Waals surface area contributed by atoms with Gasteiger partial charge in [0.15, 0.2) is 0 Å². The SMILES string of the molecule is CCCCCCCCCCCCCCCCC=COC(C)=O. The second-order valence-electron chi connectivity index (χ2n) is 6.37. The standard InChI is InChI=1S/C20H38O2/c1-3-4-5-6-7-8-9-10-11-12-13-14-15-16-17-18-19-22-20(2)21/h18-19H,3-17H2,1-2H3. The summed E-state index contributed by atoms with van der Waals surface area (Å²) < 4.78 is 4.74. The van der Waals surface area contributed by atoms with Crippen molar-refractivity contribution in [2.45, 2.75) is 110 Å². The van der Waals surface area contributed by atoms with Crippen LogP contribution in [0.1, 0.15) is 110 Å². The van der Waals surface area contributed by atoms with Crippen LogP contribution in [0.4, 0.5) is 0 Å². The van der Waals surface area contributed by atoms with Crippen molar-refractivity contribution in [3.8, 4) is 0 Å². The summed E-state index contributed by atoms with van der Waals surface area (Å²) in [7, 11) is 0. The second kappa shape index (κ2) is 18.3. The normalized spacial score (nSPS) is 11.2. The lowest BCUT2D eigenvalue weighted by atomic mass is 10.0. The Bertz CT molecular complexity index is 258. The van der Waals surface area contributed by atoms with Gasteiger partial charge in [0.2, 0.25) is 0 Å². The first-order valence-electron chi connectivity index (χ1n) is 9.59. The molecule has 0 aromatic heterocycles. The molecule has 0 aromatic carbocycles. The number of rotatable bonds is 16. The van der Waals surface area contributed by atoms with Crippen molar-refractivity contribution in [2.75, 3.05) is 0 Å². The molecule has 2 nitrogen and oxygen atoms in total. The second-order valence-corrected chi connectivity index (χ2v) is 6.37. The Balaban J connectivity index is 3.02. The van der Waals surface area contributed by atoms with Crippen molar-refractivity contribution in [2.24, 2.45) is 0 Å². The summed E-state index contributed by atoms with van der Waals surface area (Å²) in [6.07, 6.45) is 23.9. The van der Waals surface area contributed by atoms with Crippen molar-refractivity contribution >= 4 is 5.97 Å². The molecule has 0 aliphatic carbocycles. The number of hydrogen-bond acceptors (Lipinski definition) is 2. The molecule has 2 heteroatoms. The maximum Gasteiger partial charge on any atom is 0.307 e. The lowest BCUT2D eigenvalue weighted by Gasteiger charge is -2.02. The average Bonchev–Trinajstić information content (AvgIpc) is 2.50. The molecule has 130 valence electrons. The van der Waals surface area contributed by atoms with E-state index in [1.807, 2.05) is 6.08 Å². The number of carbonyl (C=O) groups is 1. The summed E-state index contributed by atoms with van der Waals surface area (Å²) in [4.78, 5) is 10.5. The van der Waals surface area contributed by atoms with E-state index in [4.69, 9.17) is 4.74 Å². The van der Waals surface area contributed by atoms with Gasteiger partial charge in [0.25, 0.3) is 0 Å². The van der Waals surface area contributed by atoms with Crippen LogP contribution in [0.2, 0.25) is 0 Å². The van der Waals surface area contributed by atoms with E-state index in [1.165, 1.54) is 103 Å². The monoisotopic (exact) mass is 310 g/mol. The van der Waals surface area contributed by atoms with Gasteiger partial charge in [0.1, 0.15) is 0 Å². The van der Waals surface area contributed by atoms with E-state index in [0.717, 1.165) is 6.42 Å². The van der Waals surface area contributed by atoms with Gasteiger partial charge in [-0.25, -0.2) is 0 Å². The van der Waals surface area contributed by atoms with E-state index in [2.05, 4.69) is 6.92 Å². The minimum absolute atomic E-state index is 0.239. The highest BCUT2D eigenvalue weighted by Gasteiger charge is 1.93. The predicted octanol–water partition coefficient (Wildman–Crippen LogP) is 6.93. The van der Waals surface area contributed by atoms with E-state index < -0.39 is 0 Å². The molecule has 0 heterocycles. The van der Waals surface area contributed by atoms with Gasteiger partial charge in [-0.3, -0.25) is 4.79 Å². The molecule has 0 saturated carbocycles. The zero-order valence-electron chi connectivity index (χ0n) is 15.1. The molecule has 0 unspecified atom stereocenters. The van der Waals surface area contributed by atoms with E-state index >= 15 is 0 Å². The fourth-order valence-electron chi connectivity index (χ4n) is 2.67. The van der Waals surface area contributed by atoms with Crippen LogP contribution < -0.4 is 0 Å². The molecule has 0 radical (unpaired) electrons. The predicted molar refractivity (Wildman–Crippen MR) is 95.8 cm³/mol. The third-order valence-corrected chi connectivity index (χ3v) is 4.05. The van der Waals surface area contributed by atoms with Crippen LogP contribution >= 0.6 is 0 Å². The van der Waals surface area contributed by atoms with Crippen LogP contribution in [-0.2, 0) is 9.53 Å². The zero-order chi connectivity index (χ0) is 16.3. The Morgan fingerprint density at radius 2 is 1.14 bits per heavy atom. The molecule has 0 aliphatic heterocycles. The first kappa shape index (κ1) is 21.2. The average molecular weight is 311 g/mol. The number of unbranched alkanes of at least 4 members (excludes halogenated alkanes) is 14. The number of esters is 1. The number of hydrogen-bond donors (Lipinski definition) is 0. The molecule has 0 fully saturated rings. The minimum atomic E-state index is -0.239. The number of carbonyl (C=O) groups excluding carboxylic acids is 1. The highest BCUT2D eigenvalue weighted by Crippen LogP contribution is 2.13. The lowest BCUT2D eigenvalue weighted by molar-refractivity contribution is -0.135. The Labute approximate surface area is 138 Å². The van der Waals surface area contributed by atoms with Gasteiger partial charge in [0.05, 0.1) is 6.26 Å². The quantitative estimate of drug-likeness (QED) is 0.175. The summed E-state index contributed by atoms with van der Waals surface area (Å²) in [5.41, 5.74) is 0. The molecule has 0 rings (SSSR count). The fourth-order valence-corrected chi connectivity index (χ4v) is 2.67. The topological polar surface area (TPSA) is 26.3 Å². The van der Waals surface area contributed by atoms with Gasteiger partial charge in [-0.15, -0.1) is 0 Å². The molecule has 0 aromatic rings. The van der Waals surface area contributed by atoms with Crippen molar-refractivity contribution in [1.82, 2.24) is 0 Å². The van der Waals surface area contributed by atoms with E-state index in [9.17, 15) is 4.79 Å².